The second-order valence-corrected chi connectivity index (χ2v) is 5.87. The van der Waals surface area contributed by atoms with Gasteiger partial charge in [0.2, 0.25) is 11.8 Å². The van der Waals surface area contributed by atoms with Gasteiger partial charge >= 0.3 is 0 Å². The van der Waals surface area contributed by atoms with E-state index in [4.69, 9.17) is 4.74 Å². The van der Waals surface area contributed by atoms with E-state index >= 15 is 0 Å². The quantitative estimate of drug-likeness (QED) is 0.857. The summed E-state index contributed by atoms with van der Waals surface area (Å²) in [5.74, 6) is 0.721. The Hall–Kier alpha value is -2.44. The van der Waals surface area contributed by atoms with Crippen molar-refractivity contribution in [1.29, 1.82) is 0 Å². The molecular weight excluding hydrogens is 294 g/mol. The van der Waals surface area contributed by atoms with Gasteiger partial charge in [-0.2, -0.15) is 5.10 Å². The summed E-state index contributed by atoms with van der Waals surface area (Å²) in [7, 11) is 0. The van der Waals surface area contributed by atoms with Gasteiger partial charge in [0.05, 0.1) is 0 Å². The number of hydrogen-bond acceptors (Lipinski definition) is 5. The second kappa shape index (κ2) is 6.76. The smallest absolute Gasteiger partial charge is 0.247 e. The molecule has 0 N–H and O–H groups in total. The zero-order chi connectivity index (χ0) is 16.2. The molecule has 0 bridgehead atoms. The van der Waals surface area contributed by atoms with Gasteiger partial charge in [0.25, 0.3) is 0 Å². The Labute approximate surface area is 135 Å². The third-order valence-corrected chi connectivity index (χ3v) is 4.12. The number of carbonyl (C=O) groups is 1. The van der Waals surface area contributed by atoms with Gasteiger partial charge in [-0.3, -0.25) is 4.79 Å². The molecule has 0 aliphatic carbocycles. The Balaban J connectivity index is 1.52. The van der Waals surface area contributed by atoms with Crippen molar-refractivity contribution in [3.63, 3.8) is 0 Å². The van der Waals surface area contributed by atoms with Crippen LogP contribution in [0.5, 0.6) is 5.88 Å². The summed E-state index contributed by atoms with van der Waals surface area (Å²) in [5.41, 5.74) is 1.11. The number of piperidine rings is 1. The van der Waals surface area contributed by atoms with Crippen LogP contribution in [0.4, 0.5) is 0 Å². The zero-order valence-corrected chi connectivity index (χ0v) is 13.4. The minimum atomic E-state index is -0.325. The van der Waals surface area contributed by atoms with Gasteiger partial charge in [0.1, 0.15) is 24.8 Å². The van der Waals surface area contributed by atoms with E-state index in [0.717, 1.165) is 18.4 Å². The Morgan fingerprint density at radius 1 is 1.35 bits per heavy atom. The Bertz CT molecular complexity index is 633. The number of likely N-dealkylation sites (tertiary alicyclic amines) is 1. The Kier molecular flexibility index (Phi) is 4.55. The highest BCUT2D eigenvalue weighted by Gasteiger charge is 2.28. The number of aromatic nitrogens is 4. The maximum absolute atomic E-state index is 12.5. The third kappa shape index (κ3) is 3.67. The van der Waals surface area contributed by atoms with Crippen molar-refractivity contribution >= 4 is 5.91 Å². The number of hydrogen-bond donors (Lipinski definition) is 0. The first-order chi connectivity index (χ1) is 11.1. The standard InChI is InChI=1S/C16H21N5O2/c1-12-3-4-15(18-9-12)23-14-5-7-20(8-6-14)16(22)13(2)21-11-17-10-19-21/h3-4,9-11,13-14H,5-8H2,1-2H3/t13-/m0/s1. The molecule has 1 aliphatic heterocycles. The van der Waals surface area contributed by atoms with E-state index < -0.39 is 0 Å². The van der Waals surface area contributed by atoms with Crippen molar-refractivity contribution in [3.05, 3.63) is 36.5 Å². The molecule has 1 amide bonds. The number of carbonyl (C=O) groups excluding carboxylic acids is 1. The summed E-state index contributed by atoms with van der Waals surface area (Å²) in [5, 5.41) is 4.04. The molecule has 3 heterocycles. The number of nitrogens with zero attached hydrogens (tertiary/aromatic N) is 5. The summed E-state index contributed by atoms with van der Waals surface area (Å²) >= 11 is 0. The lowest BCUT2D eigenvalue weighted by Gasteiger charge is -2.33. The molecule has 0 unspecified atom stereocenters. The van der Waals surface area contributed by atoms with Crippen LogP contribution in [0, 0.1) is 6.92 Å². The van der Waals surface area contributed by atoms with Gasteiger partial charge < -0.3 is 9.64 Å². The average Bonchev–Trinajstić information content (AvgIpc) is 3.11. The van der Waals surface area contributed by atoms with Gasteiger partial charge in [-0.15, -0.1) is 0 Å². The van der Waals surface area contributed by atoms with Crippen LogP contribution in [-0.2, 0) is 4.79 Å². The predicted molar refractivity (Wildman–Crippen MR) is 83.9 cm³/mol. The molecule has 0 saturated carbocycles. The van der Waals surface area contributed by atoms with Crippen LogP contribution in [0.15, 0.2) is 31.0 Å². The summed E-state index contributed by atoms with van der Waals surface area (Å²) in [6, 6.07) is 3.55. The molecule has 3 rings (SSSR count). The van der Waals surface area contributed by atoms with Crippen molar-refractivity contribution in [2.75, 3.05) is 13.1 Å². The van der Waals surface area contributed by atoms with E-state index in [1.165, 1.54) is 6.33 Å². The van der Waals surface area contributed by atoms with E-state index in [1.54, 1.807) is 17.2 Å². The lowest BCUT2D eigenvalue weighted by atomic mass is 10.1. The van der Waals surface area contributed by atoms with Crippen molar-refractivity contribution in [2.24, 2.45) is 0 Å². The van der Waals surface area contributed by atoms with Crippen molar-refractivity contribution in [2.45, 2.75) is 38.8 Å². The van der Waals surface area contributed by atoms with Crippen molar-refractivity contribution in [1.82, 2.24) is 24.6 Å². The number of ether oxygens (including phenoxy) is 1. The summed E-state index contributed by atoms with van der Waals surface area (Å²) in [6.07, 6.45) is 6.54. The summed E-state index contributed by atoms with van der Waals surface area (Å²) < 4.78 is 7.48. The van der Waals surface area contributed by atoms with Gasteiger partial charge in [-0.05, 0) is 19.4 Å². The first-order valence-corrected chi connectivity index (χ1v) is 7.85. The Morgan fingerprint density at radius 3 is 2.74 bits per heavy atom. The molecule has 0 spiro atoms. The van der Waals surface area contributed by atoms with Crippen LogP contribution in [-0.4, -0.2) is 49.7 Å². The second-order valence-electron chi connectivity index (χ2n) is 5.87. The minimum absolute atomic E-state index is 0.0717. The number of rotatable bonds is 4. The maximum Gasteiger partial charge on any atom is 0.247 e. The predicted octanol–water partition coefficient (Wildman–Crippen LogP) is 1.61. The summed E-state index contributed by atoms with van der Waals surface area (Å²) in [4.78, 5) is 22.5. The summed E-state index contributed by atoms with van der Waals surface area (Å²) in [6.45, 7) is 5.22. The normalized spacial score (nSPS) is 17.0. The Morgan fingerprint density at radius 2 is 2.13 bits per heavy atom. The lowest BCUT2D eigenvalue weighted by Crippen LogP contribution is -2.44. The first-order valence-electron chi connectivity index (χ1n) is 7.85. The van der Waals surface area contributed by atoms with Crippen LogP contribution in [0.2, 0.25) is 0 Å². The molecule has 2 aromatic rings. The van der Waals surface area contributed by atoms with Gasteiger partial charge in [0, 0.05) is 38.2 Å². The van der Waals surface area contributed by atoms with E-state index in [-0.39, 0.29) is 18.1 Å². The maximum atomic E-state index is 12.5. The van der Waals surface area contributed by atoms with Gasteiger partial charge in [-0.1, -0.05) is 6.07 Å². The van der Waals surface area contributed by atoms with Crippen LogP contribution < -0.4 is 4.74 Å². The molecule has 1 aliphatic rings. The number of amides is 1. The fraction of sp³-hybridized carbons (Fsp3) is 0.500. The molecule has 0 radical (unpaired) electrons. The van der Waals surface area contributed by atoms with E-state index in [9.17, 15) is 4.79 Å². The fourth-order valence-corrected chi connectivity index (χ4v) is 2.68. The topological polar surface area (TPSA) is 73.1 Å². The van der Waals surface area contributed by atoms with Crippen molar-refractivity contribution < 1.29 is 9.53 Å². The molecule has 0 aromatic carbocycles. The molecule has 7 nitrogen and oxygen atoms in total. The molecule has 7 heteroatoms. The number of pyridine rings is 1. The van der Waals surface area contributed by atoms with Crippen LogP contribution >= 0.6 is 0 Å². The highest BCUT2D eigenvalue weighted by molar-refractivity contribution is 5.80. The van der Waals surface area contributed by atoms with Gasteiger partial charge in [0.15, 0.2) is 0 Å². The molecule has 23 heavy (non-hydrogen) atoms. The van der Waals surface area contributed by atoms with Crippen molar-refractivity contribution in [3.8, 4) is 5.88 Å². The van der Waals surface area contributed by atoms with Crippen LogP contribution in [0.25, 0.3) is 0 Å². The SMILES string of the molecule is Cc1ccc(OC2CCN(C(=O)[C@H](C)n3cncn3)CC2)nc1. The average molecular weight is 315 g/mol. The highest BCUT2D eigenvalue weighted by atomic mass is 16.5. The van der Waals surface area contributed by atoms with E-state index in [2.05, 4.69) is 15.1 Å². The van der Waals surface area contributed by atoms with Gasteiger partial charge in [-0.25, -0.2) is 14.6 Å². The molecule has 1 saturated heterocycles. The van der Waals surface area contributed by atoms with E-state index in [1.807, 2.05) is 30.9 Å². The number of aryl methyl sites for hydroxylation is 1. The first kappa shape index (κ1) is 15.5. The molecule has 1 atom stereocenters. The molecule has 2 aromatic heterocycles. The molecule has 1 fully saturated rings. The lowest BCUT2D eigenvalue weighted by molar-refractivity contribution is -0.136. The monoisotopic (exact) mass is 315 g/mol. The minimum Gasteiger partial charge on any atom is -0.474 e. The molecular formula is C16H21N5O2. The molecule has 122 valence electrons. The van der Waals surface area contributed by atoms with E-state index in [0.29, 0.717) is 19.0 Å². The van der Waals surface area contributed by atoms with Crippen LogP contribution in [0.1, 0.15) is 31.4 Å². The highest BCUT2D eigenvalue weighted by Crippen LogP contribution is 2.19. The fourth-order valence-electron chi connectivity index (χ4n) is 2.68. The van der Waals surface area contributed by atoms with Crippen LogP contribution in [0.3, 0.4) is 0 Å². The zero-order valence-electron chi connectivity index (χ0n) is 13.4. The third-order valence-electron chi connectivity index (χ3n) is 4.12. The largest absolute Gasteiger partial charge is 0.474 e.